The van der Waals surface area contributed by atoms with E-state index in [9.17, 15) is 0 Å². The van der Waals surface area contributed by atoms with E-state index in [1.807, 2.05) is 6.07 Å². The summed E-state index contributed by atoms with van der Waals surface area (Å²) in [5.74, 6) is 3.68. The zero-order chi connectivity index (χ0) is 16.8. The highest BCUT2D eigenvalue weighted by molar-refractivity contribution is 5.48. The summed E-state index contributed by atoms with van der Waals surface area (Å²) in [5.41, 5.74) is 0. The Morgan fingerprint density at radius 3 is 2.79 bits per heavy atom. The molecule has 0 saturated carbocycles. The van der Waals surface area contributed by atoms with Gasteiger partial charge in [-0.2, -0.15) is 4.98 Å². The molecule has 3 rings (SSSR count). The molecule has 1 aliphatic heterocycles. The van der Waals surface area contributed by atoms with E-state index in [1.165, 1.54) is 19.3 Å². The Morgan fingerprint density at radius 1 is 1.21 bits per heavy atom. The summed E-state index contributed by atoms with van der Waals surface area (Å²) in [7, 11) is 0. The predicted molar refractivity (Wildman–Crippen MR) is 93.3 cm³/mol. The fourth-order valence-corrected chi connectivity index (χ4v) is 2.80. The number of nitrogens with zero attached hydrogens (tertiary/aromatic N) is 5. The molecule has 0 bridgehead atoms. The average molecular weight is 330 g/mol. The maximum absolute atomic E-state index is 5.26. The number of piperidine rings is 1. The van der Waals surface area contributed by atoms with Crippen LogP contribution in [0.4, 0.5) is 11.6 Å². The second kappa shape index (κ2) is 8.08. The van der Waals surface area contributed by atoms with Crippen LogP contribution in [0.5, 0.6) is 0 Å². The van der Waals surface area contributed by atoms with Gasteiger partial charge in [0.15, 0.2) is 5.82 Å². The van der Waals surface area contributed by atoms with E-state index >= 15 is 0 Å². The first-order valence-corrected chi connectivity index (χ1v) is 8.86. The number of aromatic nitrogens is 4. The summed E-state index contributed by atoms with van der Waals surface area (Å²) in [6.07, 6.45) is 7.14. The fourth-order valence-electron chi connectivity index (χ4n) is 2.80. The summed E-state index contributed by atoms with van der Waals surface area (Å²) in [6, 6.07) is 2.04. The fraction of sp³-hybridized carbons (Fsp3) is 0.647. The van der Waals surface area contributed by atoms with E-state index < -0.39 is 0 Å². The Balaban J connectivity index is 1.46. The first kappa shape index (κ1) is 16.7. The van der Waals surface area contributed by atoms with Crippen molar-refractivity contribution in [2.24, 2.45) is 0 Å². The van der Waals surface area contributed by atoms with Crippen molar-refractivity contribution in [2.75, 3.05) is 29.9 Å². The van der Waals surface area contributed by atoms with Crippen LogP contribution < -0.4 is 10.2 Å². The van der Waals surface area contributed by atoms with E-state index in [0.717, 1.165) is 49.9 Å². The largest absolute Gasteiger partial charge is 0.370 e. The molecule has 7 heteroatoms. The van der Waals surface area contributed by atoms with E-state index in [0.29, 0.717) is 11.8 Å². The molecule has 1 N–H and O–H groups in total. The highest BCUT2D eigenvalue weighted by atomic mass is 16.5. The minimum Gasteiger partial charge on any atom is -0.370 e. The van der Waals surface area contributed by atoms with Gasteiger partial charge in [0, 0.05) is 38.0 Å². The summed E-state index contributed by atoms with van der Waals surface area (Å²) in [6.45, 7) is 7.11. The number of aryl methyl sites for hydroxylation is 1. The van der Waals surface area contributed by atoms with Gasteiger partial charge in [-0.3, -0.25) is 0 Å². The van der Waals surface area contributed by atoms with Gasteiger partial charge in [-0.25, -0.2) is 9.97 Å². The third-order valence-corrected chi connectivity index (χ3v) is 4.21. The van der Waals surface area contributed by atoms with Gasteiger partial charge in [0.1, 0.15) is 18.0 Å². The smallest absolute Gasteiger partial charge is 0.226 e. The molecule has 0 unspecified atom stereocenters. The van der Waals surface area contributed by atoms with Crippen LogP contribution in [0.1, 0.15) is 57.2 Å². The Morgan fingerprint density at radius 2 is 2.04 bits per heavy atom. The van der Waals surface area contributed by atoms with Crippen molar-refractivity contribution in [2.45, 2.75) is 51.9 Å². The van der Waals surface area contributed by atoms with Crippen LogP contribution in [0.3, 0.4) is 0 Å². The number of nitrogens with one attached hydrogen (secondary N) is 1. The van der Waals surface area contributed by atoms with Gasteiger partial charge >= 0.3 is 0 Å². The first-order valence-electron chi connectivity index (χ1n) is 8.86. The molecule has 1 saturated heterocycles. The van der Waals surface area contributed by atoms with Crippen LogP contribution in [-0.2, 0) is 6.42 Å². The molecule has 1 fully saturated rings. The van der Waals surface area contributed by atoms with Gasteiger partial charge in [0.05, 0.1) is 0 Å². The van der Waals surface area contributed by atoms with Crippen molar-refractivity contribution in [1.29, 1.82) is 0 Å². The van der Waals surface area contributed by atoms with Crippen molar-refractivity contribution in [1.82, 2.24) is 20.1 Å². The second-order valence-electron chi connectivity index (χ2n) is 6.54. The van der Waals surface area contributed by atoms with Gasteiger partial charge in [0.25, 0.3) is 0 Å². The first-order chi connectivity index (χ1) is 11.7. The van der Waals surface area contributed by atoms with Crippen molar-refractivity contribution in [3.8, 4) is 0 Å². The Labute approximate surface area is 142 Å². The maximum atomic E-state index is 5.26. The lowest BCUT2D eigenvalue weighted by atomic mass is 10.1. The molecule has 130 valence electrons. The van der Waals surface area contributed by atoms with Crippen molar-refractivity contribution in [3.05, 3.63) is 24.1 Å². The number of hydrogen-bond donors (Lipinski definition) is 1. The number of rotatable bonds is 7. The van der Waals surface area contributed by atoms with Gasteiger partial charge in [-0.15, -0.1) is 0 Å². The quantitative estimate of drug-likeness (QED) is 0.782. The summed E-state index contributed by atoms with van der Waals surface area (Å²) in [4.78, 5) is 15.4. The third kappa shape index (κ3) is 4.43. The van der Waals surface area contributed by atoms with Crippen LogP contribution in [0.25, 0.3) is 0 Å². The molecule has 0 spiro atoms. The summed E-state index contributed by atoms with van der Waals surface area (Å²) < 4.78 is 5.26. The van der Waals surface area contributed by atoms with Crippen molar-refractivity contribution >= 4 is 11.6 Å². The molecule has 0 aliphatic carbocycles. The van der Waals surface area contributed by atoms with E-state index in [2.05, 4.69) is 44.2 Å². The summed E-state index contributed by atoms with van der Waals surface area (Å²) >= 11 is 0. The van der Waals surface area contributed by atoms with Crippen LogP contribution in [-0.4, -0.2) is 39.7 Å². The molecule has 7 nitrogen and oxygen atoms in total. The molecule has 0 amide bonds. The van der Waals surface area contributed by atoms with E-state index in [1.54, 1.807) is 6.33 Å². The minimum atomic E-state index is 0.301. The van der Waals surface area contributed by atoms with Gasteiger partial charge < -0.3 is 14.7 Å². The maximum Gasteiger partial charge on any atom is 0.226 e. The molecule has 3 heterocycles. The highest BCUT2D eigenvalue weighted by Gasteiger charge is 2.13. The molecule has 0 radical (unpaired) electrons. The Hall–Kier alpha value is -2.18. The van der Waals surface area contributed by atoms with Crippen LogP contribution in [0, 0.1) is 0 Å². The monoisotopic (exact) mass is 330 g/mol. The molecular formula is C17H26N6O. The summed E-state index contributed by atoms with van der Waals surface area (Å²) in [5, 5.41) is 7.34. The molecule has 2 aromatic heterocycles. The zero-order valence-electron chi connectivity index (χ0n) is 14.5. The lowest BCUT2D eigenvalue weighted by molar-refractivity contribution is 0.369. The Kier molecular flexibility index (Phi) is 5.61. The molecule has 2 aromatic rings. The molecule has 0 atom stereocenters. The van der Waals surface area contributed by atoms with Crippen molar-refractivity contribution in [3.63, 3.8) is 0 Å². The van der Waals surface area contributed by atoms with Gasteiger partial charge in [0.2, 0.25) is 5.89 Å². The lowest BCUT2D eigenvalue weighted by Gasteiger charge is -2.27. The normalized spacial score (nSPS) is 15.0. The molecule has 24 heavy (non-hydrogen) atoms. The minimum absolute atomic E-state index is 0.301. The van der Waals surface area contributed by atoms with Crippen LogP contribution >= 0.6 is 0 Å². The predicted octanol–water partition coefficient (Wildman–Crippen LogP) is 3.02. The Bertz CT molecular complexity index is 636. The molecule has 0 aromatic carbocycles. The zero-order valence-corrected chi connectivity index (χ0v) is 14.5. The van der Waals surface area contributed by atoms with Gasteiger partial charge in [-0.05, 0) is 25.7 Å². The second-order valence-corrected chi connectivity index (χ2v) is 6.54. The average Bonchev–Trinajstić information content (AvgIpc) is 3.09. The third-order valence-electron chi connectivity index (χ3n) is 4.21. The highest BCUT2D eigenvalue weighted by Crippen LogP contribution is 2.19. The molecule has 1 aliphatic rings. The van der Waals surface area contributed by atoms with E-state index in [-0.39, 0.29) is 0 Å². The number of hydrogen-bond acceptors (Lipinski definition) is 7. The van der Waals surface area contributed by atoms with Crippen LogP contribution in [0.2, 0.25) is 0 Å². The standard InChI is InChI=1S/C17H26N6O/c1-13(2)17-21-16(24-22-17)7-6-8-18-14-11-15(20-12-19-14)23-9-4-3-5-10-23/h11-13H,3-10H2,1-2H3,(H,18,19,20). The van der Waals surface area contributed by atoms with Gasteiger partial charge in [-0.1, -0.05) is 19.0 Å². The topological polar surface area (TPSA) is 80.0 Å². The SMILES string of the molecule is CC(C)c1noc(CCCNc2cc(N3CCCCC3)ncn2)n1. The van der Waals surface area contributed by atoms with E-state index in [4.69, 9.17) is 4.52 Å². The van der Waals surface area contributed by atoms with Crippen LogP contribution in [0.15, 0.2) is 16.9 Å². The lowest BCUT2D eigenvalue weighted by Crippen LogP contribution is -2.30. The number of anilines is 2. The van der Waals surface area contributed by atoms with Crippen molar-refractivity contribution < 1.29 is 4.52 Å². The molecular weight excluding hydrogens is 304 g/mol.